The number of ether oxygens (including phenoxy) is 1. The monoisotopic (exact) mass is 461 g/mol. The zero-order valence-electron chi connectivity index (χ0n) is 18.5. The van der Waals surface area contributed by atoms with Crippen LogP contribution in [0.2, 0.25) is 0 Å². The lowest BCUT2D eigenvalue weighted by Crippen LogP contribution is -2.32. The molecule has 1 aliphatic carbocycles. The van der Waals surface area contributed by atoms with Crippen molar-refractivity contribution in [3.8, 4) is 5.75 Å². The molecule has 5 rings (SSSR count). The quantitative estimate of drug-likeness (QED) is 0.305. The second-order valence-corrected chi connectivity index (χ2v) is 8.46. The zero-order chi connectivity index (χ0) is 24.8. The largest absolute Gasteiger partial charge is 0.457 e. The van der Waals surface area contributed by atoms with E-state index in [-0.39, 0.29) is 17.0 Å². The molecule has 1 aliphatic heterocycles. The van der Waals surface area contributed by atoms with Gasteiger partial charge in [0.1, 0.15) is 17.2 Å². The number of nitro benzene ring substituents is 1. The Kier molecular flexibility index (Phi) is 5.58. The van der Waals surface area contributed by atoms with Gasteiger partial charge in [0.05, 0.1) is 10.5 Å². The van der Waals surface area contributed by atoms with E-state index >= 15 is 0 Å². The Labute approximate surface area is 195 Å². The summed E-state index contributed by atoms with van der Waals surface area (Å²) in [5.74, 6) is -2.40. The number of anilines is 1. The van der Waals surface area contributed by atoms with Gasteiger partial charge in [0.2, 0.25) is 5.79 Å². The molecule has 0 bridgehead atoms. The van der Waals surface area contributed by atoms with E-state index in [4.69, 9.17) is 16.2 Å². The average molecular weight is 461 g/mol. The summed E-state index contributed by atoms with van der Waals surface area (Å²) >= 11 is 0. The number of para-hydroxylation sites is 1. The molecule has 2 unspecified atom stereocenters. The van der Waals surface area contributed by atoms with E-state index in [9.17, 15) is 24.8 Å². The van der Waals surface area contributed by atoms with Crippen LogP contribution in [-0.4, -0.2) is 21.7 Å². The highest BCUT2D eigenvalue weighted by Gasteiger charge is 2.59. The summed E-state index contributed by atoms with van der Waals surface area (Å²) in [5, 5.41) is 21.4. The highest BCUT2D eigenvalue weighted by molar-refractivity contribution is 6.11. The van der Waals surface area contributed by atoms with E-state index in [0.717, 1.165) is 11.1 Å². The van der Waals surface area contributed by atoms with Crippen molar-refractivity contribution in [1.29, 1.82) is 0 Å². The molecule has 9 nitrogen and oxygen atoms in total. The molecule has 1 heterocycles. The number of benzene rings is 3. The second-order valence-electron chi connectivity index (χ2n) is 8.46. The van der Waals surface area contributed by atoms with Crippen molar-refractivity contribution in [2.24, 2.45) is 5.73 Å². The van der Waals surface area contributed by atoms with Crippen molar-refractivity contribution >= 4 is 23.1 Å². The number of aliphatic hydroxyl groups is 1. The summed E-state index contributed by atoms with van der Waals surface area (Å²) in [5.41, 5.74) is 13.6. The number of carbonyl (C=O) groups excluding carboxylic acids is 2. The molecule has 3 aromatic rings. The Balaban J connectivity index is 0.000000195. The van der Waals surface area contributed by atoms with Gasteiger partial charge >= 0.3 is 0 Å². The van der Waals surface area contributed by atoms with Gasteiger partial charge in [-0.25, -0.2) is 0 Å². The number of amides is 1. The highest BCUT2D eigenvalue weighted by Crippen LogP contribution is 2.56. The molecular weight excluding hydrogens is 438 g/mol. The van der Waals surface area contributed by atoms with Crippen LogP contribution in [0.15, 0.2) is 60.7 Å². The van der Waals surface area contributed by atoms with Crippen LogP contribution in [0.3, 0.4) is 0 Å². The minimum absolute atomic E-state index is 0.0671. The molecule has 9 heteroatoms. The normalized spacial score (nSPS) is 19.4. The molecule has 5 N–H and O–H groups in total. The van der Waals surface area contributed by atoms with Crippen LogP contribution >= 0.6 is 0 Å². The number of ketones is 1. The number of rotatable bonds is 3. The number of nitrogens with two attached hydrogens (primary N) is 2. The first kappa shape index (κ1) is 22.9. The predicted molar refractivity (Wildman–Crippen MR) is 125 cm³/mol. The Bertz CT molecular complexity index is 1300. The van der Waals surface area contributed by atoms with Crippen LogP contribution in [-0.2, 0) is 5.79 Å². The van der Waals surface area contributed by atoms with E-state index in [0.29, 0.717) is 28.5 Å². The van der Waals surface area contributed by atoms with Crippen molar-refractivity contribution in [1.82, 2.24) is 0 Å². The van der Waals surface area contributed by atoms with E-state index in [2.05, 4.69) is 13.8 Å². The van der Waals surface area contributed by atoms with Crippen LogP contribution in [0.4, 0.5) is 11.4 Å². The first-order chi connectivity index (χ1) is 16.1. The number of carbonyl (C=O) groups is 2. The van der Waals surface area contributed by atoms with E-state index in [1.165, 1.54) is 24.3 Å². The highest BCUT2D eigenvalue weighted by atomic mass is 16.6. The maximum atomic E-state index is 12.8. The average Bonchev–Trinajstić information content (AvgIpc) is 3.21. The fraction of sp³-hybridized carbons (Fsp3) is 0.200. The molecule has 0 radical (unpaired) electrons. The molecule has 2 aliphatic rings. The Hall–Kier alpha value is -4.24. The lowest BCUT2D eigenvalue weighted by molar-refractivity contribution is -0.385. The van der Waals surface area contributed by atoms with Crippen LogP contribution in [0.1, 0.15) is 63.1 Å². The minimum Gasteiger partial charge on any atom is -0.457 e. The molecule has 0 saturated heterocycles. The number of hydrogen-bond donors (Lipinski definition) is 3. The number of hydrogen-bond acceptors (Lipinski definition) is 7. The predicted octanol–water partition coefficient (Wildman–Crippen LogP) is 3.60. The van der Waals surface area contributed by atoms with E-state index in [1.54, 1.807) is 18.2 Å². The summed E-state index contributed by atoms with van der Waals surface area (Å²) in [4.78, 5) is 33.1. The number of nitrogen functional groups attached to an aromatic ring is 1. The van der Waals surface area contributed by atoms with Gasteiger partial charge < -0.3 is 21.3 Å². The number of nitro groups is 1. The third-order valence-electron chi connectivity index (χ3n) is 6.03. The van der Waals surface area contributed by atoms with Crippen LogP contribution in [0, 0.1) is 10.1 Å². The van der Waals surface area contributed by atoms with E-state index in [1.807, 2.05) is 18.2 Å². The van der Waals surface area contributed by atoms with Crippen molar-refractivity contribution < 1.29 is 24.4 Å². The number of nitrogens with zero attached hydrogens (tertiary/aromatic N) is 1. The van der Waals surface area contributed by atoms with Crippen LogP contribution in [0.5, 0.6) is 5.75 Å². The van der Waals surface area contributed by atoms with E-state index < -0.39 is 22.5 Å². The lowest BCUT2D eigenvalue weighted by Gasteiger charge is -2.22. The van der Waals surface area contributed by atoms with Gasteiger partial charge in [0, 0.05) is 22.9 Å². The van der Waals surface area contributed by atoms with Crippen molar-refractivity contribution in [3.63, 3.8) is 0 Å². The Morgan fingerprint density at radius 1 is 1.15 bits per heavy atom. The first-order valence-corrected chi connectivity index (χ1v) is 10.6. The van der Waals surface area contributed by atoms with Gasteiger partial charge in [-0.3, -0.25) is 19.7 Å². The molecule has 174 valence electrons. The van der Waals surface area contributed by atoms with Gasteiger partial charge in [-0.15, -0.1) is 0 Å². The van der Waals surface area contributed by atoms with Gasteiger partial charge in [0.25, 0.3) is 11.6 Å². The second kappa shape index (κ2) is 8.27. The number of primary amides is 1. The fourth-order valence-electron chi connectivity index (χ4n) is 4.33. The molecule has 1 amide bonds. The smallest absolute Gasteiger partial charge is 0.282 e. The standard InChI is InChI=1S/C18H17NO3.C7H6N2O3/c1-9(2)10-6-7-11-14(8-10)22-18(21)12-4-3-5-13(19)15(12)17(20)16(11)18;8-7(10)5-3-1-2-4-6(5)9(11)12/h3-9,16,21H,19H2,1-2H3;1-4H,(H2,8,10). The molecule has 34 heavy (non-hydrogen) atoms. The van der Waals surface area contributed by atoms with Gasteiger partial charge in [0.15, 0.2) is 5.78 Å². The first-order valence-electron chi connectivity index (χ1n) is 10.6. The van der Waals surface area contributed by atoms with Gasteiger partial charge in [-0.2, -0.15) is 0 Å². The maximum absolute atomic E-state index is 12.8. The summed E-state index contributed by atoms with van der Waals surface area (Å²) in [7, 11) is 0. The third kappa shape index (κ3) is 3.56. The maximum Gasteiger partial charge on any atom is 0.282 e. The topological polar surface area (TPSA) is 159 Å². The van der Waals surface area contributed by atoms with Crippen molar-refractivity contribution in [2.45, 2.75) is 31.5 Å². The Morgan fingerprint density at radius 3 is 2.47 bits per heavy atom. The number of fused-ring (bicyclic) bond motifs is 5. The summed E-state index contributed by atoms with van der Waals surface area (Å²) in [6, 6.07) is 16.4. The van der Waals surface area contributed by atoms with Crippen LogP contribution < -0.4 is 16.2 Å². The molecule has 0 fully saturated rings. The molecule has 0 spiro atoms. The lowest BCUT2D eigenvalue weighted by atomic mass is 9.91. The molecule has 3 aromatic carbocycles. The number of Topliss-reactive ketones (excluding diaryl/α,β-unsaturated/α-hetero) is 1. The molecular formula is C25H23N3O6. The fourth-order valence-corrected chi connectivity index (χ4v) is 4.33. The third-order valence-corrected chi connectivity index (χ3v) is 6.03. The molecule has 0 saturated carbocycles. The van der Waals surface area contributed by atoms with Crippen molar-refractivity contribution in [3.05, 3.63) is 98.6 Å². The van der Waals surface area contributed by atoms with Gasteiger partial charge in [-0.1, -0.05) is 50.2 Å². The summed E-state index contributed by atoms with van der Waals surface area (Å²) in [6.07, 6.45) is 0. The zero-order valence-corrected chi connectivity index (χ0v) is 18.5. The van der Waals surface area contributed by atoms with Crippen molar-refractivity contribution in [2.75, 3.05) is 5.73 Å². The molecule has 0 aromatic heterocycles. The summed E-state index contributed by atoms with van der Waals surface area (Å²) < 4.78 is 5.84. The van der Waals surface area contributed by atoms with Crippen LogP contribution in [0.25, 0.3) is 0 Å². The van der Waals surface area contributed by atoms with Gasteiger partial charge in [-0.05, 0) is 29.7 Å². The Morgan fingerprint density at radius 2 is 1.85 bits per heavy atom. The minimum atomic E-state index is -1.64. The summed E-state index contributed by atoms with van der Waals surface area (Å²) in [6.45, 7) is 4.18. The SMILES string of the molecule is CC(C)c1ccc2c(c1)OC1(O)c3cccc(N)c3C(=O)C21.NC(=O)c1ccccc1[N+](=O)[O-]. The molecule has 2 atom stereocenters.